The molecule has 82 valence electrons. The first-order valence-electron chi connectivity index (χ1n) is 5.26. The van der Waals surface area contributed by atoms with Crippen molar-refractivity contribution in [2.45, 2.75) is 38.2 Å². The molecule has 0 radical (unpaired) electrons. The van der Waals surface area contributed by atoms with Crippen molar-refractivity contribution in [3.63, 3.8) is 0 Å². The molecule has 1 fully saturated rings. The van der Waals surface area contributed by atoms with Gasteiger partial charge in [0.05, 0.1) is 6.61 Å². The maximum Gasteiger partial charge on any atom is 0.409 e. The van der Waals surface area contributed by atoms with Crippen molar-refractivity contribution in [1.82, 2.24) is 4.90 Å². The van der Waals surface area contributed by atoms with Crippen molar-refractivity contribution in [3.8, 4) is 0 Å². The molecule has 0 bridgehead atoms. The van der Waals surface area contributed by atoms with E-state index in [1.54, 1.807) is 7.05 Å². The number of nitrogens with zero attached hydrogens (tertiary/aromatic N) is 1. The van der Waals surface area contributed by atoms with Crippen LogP contribution in [0.5, 0.6) is 0 Å². The Kier molecular flexibility index (Phi) is 4.73. The minimum Gasteiger partial charge on any atom is -0.446 e. The number of carbonyl (C=O) groups is 1. The molecule has 0 unspecified atom stereocenters. The fourth-order valence-electron chi connectivity index (χ4n) is 1.66. The second-order valence-corrected chi connectivity index (χ2v) is 3.79. The molecule has 0 aromatic heterocycles. The van der Waals surface area contributed by atoms with Crippen LogP contribution in [0.1, 0.15) is 32.1 Å². The molecule has 0 saturated heterocycles. The molecule has 0 heterocycles. The van der Waals surface area contributed by atoms with Crippen LogP contribution >= 0.6 is 0 Å². The van der Waals surface area contributed by atoms with Gasteiger partial charge in [-0.25, -0.2) is 4.79 Å². The summed E-state index contributed by atoms with van der Waals surface area (Å²) in [4.78, 5) is 12.8. The standard InChI is InChI=1S/C10H19NO3/c1-11(7-8-12)10(13)14-9-5-3-2-4-6-9/h9,12H,2-8H2,1H3. The molecule has 1 N–H and O–H groups in total. The molecule has 0 aliphatic heterocycles. The van der Waals surface area contributed by atoms with Gasteiger partial charge in [-0.3, -0.25) is 0 Å². The molecule has 1 amide bonds. The summed E-state index contributed by atoms with van der Waals surface area (Å²) in [6.07, 6.45) is 5.31. The first-order valence-corrected chi connectivity index (χ1v) is 5.26. The van der Waals surface area contributed by atoms with E-state index < -0.39 is 0 Å². The van der Waals surface area contributed by atoms with E-state index in [-0.39, 0.29) is 18.8 Å². The molecule has 0 atom stereocenters. The molecular formula is C10H19NO3. The summed E-state index contributed by atoms with van der Waals surface area (Å²) in [6, 6.07) is 0. The average molecular weight is 201 g/mol. The summed E-state index contributed by atoms with van der Waals surface area (Å²) < 4.78 is 5.28. The van der Waals surface area contributed by atoms with Crippen LogP contribution in [0.4, 0.5) is 4.79 Å². The monoisotopic (exact) mass is 201 g/mol. The van der Waals surface area contributed by atoms with E-state index in [9.17, 15) is 4.79 Å². The zero-order chi connectivity index (χ0) is 10.4. The SMILES string of the molecule is CN(CCO)C(=O)OC1CCCCC1. The molecule has 0 spiro atoms. The molecule has 1 saturated carbocycles. The van der Waals surface area contributed by atoms with Crippen LogP contribution in [0, 0.1) is 0 Å². The Morgan fingerprint density at radius 1 is 1.43 bits per heavy atom. The number of aliphatic hydroxyl groups excluding tert-OH is 1. The first kappa shape index (κ1) is 11.3. The number of hydrogen-bond donors (Lipinski definition) is 1. The lowest BCUT2D eigenvalue weighted by Gasteiger charge is -2.24. The molecule has 1 aliphatic carbocycles. The Morgan fingerprint density at radius 2 is 2.07 bits per heavy atom. The van der Waals surface area contributed by atoms with E-state index in [0.29, 0.717) is 6.54 Å². The molecule has 4 heteroatoms. The summed E-state index contributed by atoms with van der Waals surface area (Å²) >= 11 is 0. The van der Waals surface area contributed by atoms with Gasteiger partial charge in [-0.1, -0.05) is 6.42 Å². The normalized spacial score (nSPS) is 17.9. The zero-order valence-corrected chi connectivity index (χ0v) is 8.74. The minimum atomic E-state index is -0.314. The van der Waals surface area contributed by atoms with Crippen LogP contribution in [-0.2, 0) is 4.74 Å². The van der Waals surface area contributed by atoms with Gasteiger partial charge in [0, 0.05) is 13.6 Å². The second-order valence-electron chi connectivity index (χ2n) is 3.79. The molecule has 1 aliphatic rings. The number of ether oxygens (including phenoxy) is 1. The lowest BCUT2D eigenvalue weighted by atomic mass is 9.98. The Balaban J connectivity index is 2.24. The third kappa shape index (κ3) is 3.54. The Bertz CT molecular complexity index is 178. The van der Waals surface area contributed by atoms with E-state index >= 15 is 0 Å². The smallest absolute Gasteiger partial charge is 0.409 e. The number of amides is 1. The van der Waals surface area contributed by atoms with Crippen molar-refractivity contribution in [1.29, 1.82) is 0 Å². The predicted octanol–water partition coefficient (Wildman–Crippen LogP) is 1.38. The average Bonchev–Trinajstić information content (AvgIpc) is 2.19. The summed E-state index contributed by atoms with van der Waals surface area (Å²) in [5, 5.41) is 8.64. The van der Waals surface area contributed by atoms with Crippen LogP contribution in [0.3, 0.4) is 0 Å². The largest absolute Gasteiger partial charge is 0.446 e. The van der Waals surface area contributed by atoms with Crippen LogP contribution in [-0.4, -0.2) is 42.4 Å². The van der Waals surface area contributed by atoms with Gasteiger partial charge < -0.3 is 14.7 Å². The molecular weight excluding hydrogens is 182 g/mol. The Morgan fingerprint density at radius 3 is 2.64 bits per heavy atom. The van der Waals surface area contributed by atoms with E-state index in [0.717, 1.165) is 25.7 Å². The van der Waals surface area contributed by atoms with Gasteiger partial charge in [0.2, 0.25) is 0 Å². The molecule has 14 heavy (non-hydrogen) atoms. The second kappa shape index (κ2) is 5.86. The van der Waals surface area contributed by atoms with Crippen LogP contribution in [0.15, 0.2) is 0 Å². The third-order valence-electron chi connectivity index (χ3n) is 2.57. The summed E-state index contributed by atoms with van der Waals surface area (Å²) in [7, 11) is 1.64. The van der Waals surface area contributed by atoms with Crippen molar-refractivity contribution in [3.05, 3.63) is 0 Å². The lowest BCUT2D eigenvalue weighted by molar-refractivity contribution is 0.0479. The van der Waals surface area contributed by atoms with Gasteiger partial charge in [-0.15, -0.1) is 0 Å². The van der Waals surface area contributed by atoms with Gasteiger partial charge in [-0.2, -0.15) is 0 Å². The summed E-state index contributed by atoms with van der Waals surface area (Å²) in [6.45, 7) is 0.321. The van der Waals surface area contributed by atoms with Gasteiger partial charge in [0.25, 0.3) is 0 Å². The van der Waals surface area contributed by atoms with E-state index in [1.165, 1.54) is 11.3 Å². The van der Waals surface area contributed by atoms with Crippen molar-refractivity contribution in [2.75, 3.05) is 20.2 Å². The zero-order valence-electron chi connectivity index (χ0n) is 8.74. The lowest BCUT2D eigenvalue weighted by Crippen LogP contribution is -2.33. The highest BCUT2D eigenvalue weighted by atomic mass is 16.6. The van der Waals surface area contributed by atoms with E-state index in [4.69, 9.17) is 9.84 Å². The quantitative estimate of drug-likeness (QED) is 0.750. The van der Waals surface area contributed by atoms with Gasteiger partial charge in [0.1, 0.15) is 6.10 Å². The number of carbonyl (C=O) groups excluding carboxylic acids is 1. The fraction of sp³-hybridized carbons (Fsp3) is 0.900. The minimum absolute atomic E-state index is 0.0176. The van der Waals surface area contributed by atoms with Crippen LogP contribution in [0.25, 0.3) is 0 Å². The highest BCUT2D eigenvalue weighted by Crippen LogP contribution is 2.20. The topological polar surface area (TPSA) is 49.8 Å². The fourth-order valence-corrected chi connectivity index (χ4v) is 1.66. The number of hydrogen-bond acceptors (Lipinski definition) is 3. The molecule has 0 aromatic carbocycles. The molecule has 0 aromatic rings. The highest BCUT2D eigenvalue weighted by molar-refractivity contribution is 5.67. The van der Waals surface area contributed by atoms with Gasteiger partial charge in [-0.05, 0) is 25.7 Å². The predicted molar refractivity (Wildman–Crippen MR) is 53.1 cm³/mol. The van der Waals surface area contributed by atoms with Gasteiger partial charge >= 0.3 is 6.09 Å². The maximum absolute atomic E-state index is 11.4. The molecule has 1 rings (SSSR count). The third-order valence-corrected chi connectivity index (χ3v) is 2.57. The number of rotatable bonds is 3. The number of likely N-dealkylation sites (N-methyl/N-ethyl adjacent to an activating group) is 1. The van der Waals surface area contributed by atoms with Crippen molar-refractivity contribution >= 4 is 6.09 Å². The van der Waals surface area contributed by atoms with Crippen LogP contribution in [0.2, 0.25) is 0 Å². The Hall–Kier alpha value is -0.770. The highest BCUT2D eigenvalue weighted by Gasteiger charge is 2.19. The summed E-state index contributed by atoms with van der Waals surface area (Å²) in [5.41, 5.74) is 0. The summed E-state index contributed by atoms with van der Waals surface area (Å²) in [5.74, 6) is 0. The number of aliphatic hydroxyl groups is 1. The Labute approximate surface area is 84.8 Å². The van der Waals surface area contributed by atoms with E-state index in [2.05, 4.69) is 0 Å². The van der Waals surface area contributed by atoms with Crippen LogP contribution < -0.4 is 0 Å². The van der Waals surface area contributed by atoms with Gasteiger partial charge in [0.15, 0.2) is 0 Å². The van der Waals surface area contributed by atoms with Crippen molar-refractivity contribution < 1.29 is 14.6 Å². The van der Waals surface area contributed by atoms with Crippen molar-refractivity contribution in [2.24, 2.45) is 0 Å². The maximum atomic E-state index is 11.4. The molecule has 4 nitrogen and oxygen atoms in total. The van der Waals surface area contributed by atoms with E-state index in [1.807, 2.05) is 0 Å². The first-order chi connectivity index (χ1) is 6.74.